The maximum atomic E-state index is 12.6. The Labute approximate surface area is 207 Å². The molecule has 3 unspecified atom stereocenters. The number of aromatic nitrogens is 5. The molecule has 194 valence electrons. The molecule has 1 fully saturated rings. The molecule has 3 atom stereocenters. The van der Waals surface area contributed by atoms with Gasteiger partial charge in [-0.25, -0.2) is 15.0 Å². The van der Waals surface area contributed by atoms with E-state index in [2.05, 4.69) is 32.2 Å². The quantitative estimate of drug-likeness (QED) is 0.237. The first-order valence-electron chi connectivity index (χ1n) is 11.6. The van der Waals surface area contributed by atoms with Crippen LogP contribution in [0.2, 0.25) is 0 Å². The van der Waals surface area contributed by atoms with E-state index in [4.69, 9.17) is 24.0 Å². The highest BCUT2D eigenvalue weighted by atomic mass is 31.2. The molecule has 1 aliphatic rings. The van der Waals surface area contributed by atoms with E-state index < -0.39 is 26.3 Å². The summed E-state index contributed by atoms with van der Waals surface area (Å²) in [6.45, 7) is 2.66. The number of pyridine rings is 1. The van der Waals surface area contributed by atoms with Gasteiger partial charge in [0.2, 0.25) is 0 Å². The van der Waals surface area contributed by atoms with Crippen LogP contribution in [0, 0.1) is 0 Å². The van der Waals surface area contributed by atoms with Crippen molar-refractivity contribution >= 4 is 30.5 Å². The summed E-state index contributed by atoms with van der Waals surface area (Å²) in [5.74, 6) is -0.107. The number of carbonyl (C=O) groups excluding carboxylic acids is 1. The Morgan fingerprint density at radius 1 is 1.25 bits per heavy atom. The Morgan fingerprint density at radius 2 is 2.06 bits per heavy atom. The second-order valence-electron chi connectivity index (χ2n) is 8.40. The number of hydrogen-bond acceptors (Lipinski definition) is 9. The third-order valence-corrected chi connectivity index (χ3v) is 6.11. The lowest BCUT2D eigenvalue weighted by molar-refractivity contribution is -0.0739. The predicted molar refractivity (Wildman–Crippen MR) is 128 cm³/mol. The molecular weight excluding hydrogens is 491 g/mol. The first kappa shape index (κ1) is 26.3. The largest absolute Gasteiger partial charge is 0.373 e. The number of fused-ring (bicyclic) bond motifs is 1. The lowest BCUT2D eigenvalue weighted by Gasteiger charge is -2.20. The molecule has 14 heteroatoms. The van der Waals surface area contributed by atoms with Crippen LogP contribution in [0.1, 0.15) is 49.2 Å². The van der Waals surface area contributed by atoms with Crippen molar-refractivity contribution in [3.05, 3.63) is 42.7 Å². The van der Waals surface area contributed by atoms with Crippen molar-refractivity contribution in [2.24, 2.45) is 0 Å². The molecular formula is C22H29N6O7P. The van der Waals surface area contributed by atoms with Crippen LogP contribution in [0.15, 0.2) is 37.2 Å². The van der Waals surface area contributed by atoms with Gasteiger partial charge < -0.3 is 29.3 Å². The van der Waals surface area contributed by atoms with Gasteiger partial charge in [0.1, 0.15) is 18.8 Å². The zero-order valence-electron chi connectivity index (χ0n) is 19.8. The average Bonchev–Trinajstić information content (AvgIpc) is 3.46. The van der Waals surface area contributed by atoms with Gasteiger partial charge in [-0.2, -0.15) is 0 Å². The third kappa shape index (κ3) is 6.69. The van der Waals surface area contributed by atoms with E-state index >= 15 is 0 Å². The van der Waals surface area contributed by atoms with Gasteiger partial charge in [0.15, 0.2) is 23.2 Å². The fourth-order valence-electron chi connectivity index (χ4n) is 3.92. The average molecular weight is 520 g/mol. The Balaban J connectivity index is 1.53. The van der Waals surface area contributed by atoms with E-state index in [-0.39, 0.29) is 24.4 Å². The number of unbranched alkanes of at least 4 members (excludes halogenated alkanes) is 2. The molecule has 3 aromatic rings. The van der Waals surface area contributed by atoms with E-state index in [1.807, 2.05) is 0 Å². The minimum atomic E-state index is -4.28. The van der Waals surface area contributed by atoms with E-state index in [1.54, 1.807) is 23.0 Å². The highest BCUT2D eigenvalue weighted by Gasteiger charge is 2.38. The van der Waals surface area contributed by atoms with Crippen LogP contribution in [0.5, 0.6) is 0 Å². The lowest BCUT2D eigenvalue weighted by atomic mass is 10.2. The zero-order chi connectivity index (χ0) is 25.5. The molecule has 0 aliphatic carbocycles. The van der Waals surface area contributed by atoms with E-state index in [9.17, 15) is 9.36 Å². The summed E-state index contributed by atoms with van der Waals surface area (Å²) in [7, 11) is -4.28. The first-order chi connectivity index (χ1) is 17.4. The minimum absolute atomic E-state index is 0.00524. The van der Waals surface area contributed by atoms with Crippen LogP contribution in [0.25, 0.3) is 11.2 Å². The van der Waals surface area contributed by atoms with E-state index in [0.717, 1.165) is 19.3 Å². The van der Waals surface area contributed by atoms with Crippen molar-refractivity contribution in [1.82, 2.24) is 24.5 Å². The topological polar surface area (TPSA) is 171 Å². The van der Waals surface area contributed by atoms with Crippen molar-refractivity contribution in [3.63, 3.8) is 0 Å². The molecule has 1 amide bonds. The van der Waals surface area contributed by atoms with Crippen LogP contribution < -0.4 is 5.32 Å². The van der Waals surface area contributed by atoms with Gasteiger partial charge in [0.25, 0.3) is 5.91 Å². The Bertz CT molecular complexity index is 1200. The standard InChI is InChI=1S/C22H29N6O7P/c1-2-3-4-9-34-17-10-16(11-33-14-36(30,31)32)35-22(17)28-13-26-18-19(24-12-25-20(18)28)27-21(29)15-5-7-23-8-6-15/h5-8,12-13,16-17,22H,2-4,9-11,14H2,1H3,(H2,30,31,32)(H,24,25,27,29). The van der Waals surface area contributed by atoms with E-state index in [0.29, 0.717) is 29.8 Å². The monoisotopic (exact) mass is 520 g/mol. The van der Waals surface area contributed by atoms with Gasteiger partial charge in [-0.15, -0.1) is 0 Å². The number of nitrogens with zero attached hydrogens (tertiary/aromatic N) is 5. The van der Waals surface area contributed by atoms with Crippen molar-refractivity contribution < 1.29 is 33.4 Å². The minimum Gasteiger partial charge on any atom is -0.373 e. The maximum absolute atomic E-state index is 12.6. The summed E-state index contributed by atoms with van der Waals surface area (Å²) in [4.78, 5) is 47.6. The van der Waals surface area contributed by atoms with Crippen LogP contribution in [-0.2, 0) is 18.8 Å². The molecule has 0 saturated carbocycles. The van der Waals surface area contributed by atoms with Crippen LogP contribution in [0.4, 0.5) is 5.82 Å². The molecule has 0 radical (unpaired) electrons. The second-order valence-corrected chi connectivity index (χ2v) is 9.99. The number of hydrogen-bond donors (Lipinski definition) is 3. The summed E-state index contributed by atoms with van der Waals surface area (Å²) < 4.78 is 30.3. The molecule has 1 aliphatic heterocycles. The molecule has 36 heavy (non-hydrogen) atoms. The molecule has 4 heterocycles. The Kier molecular flexibility index (Phi) is 8.72. The summed E-state index contributed by atoms with van der Waals surface area (Å²) in [5, 5.41) is 2.76. The fourth-order valence-corrected chi connectivity index (χ4v) is 4.26. The molecule has 13 nitrogen and oxygen atoms in total. The van der Waals surface area contributed by atoms with Gasteiger partial charge in [-0.1, -0.05) is 19.8 Å². The number of carbonyl (C=O) groups is 1. The van der Waals surface area contributed by atoms with Gasteiger partial charge in [0, 0.05) is 31.0 Å². The van der Waals surface area contributed by atoms with Crippen LogP contribution in [-0.4, -0.2) is 72.0 Å². The number of anilines is 1. The molecule has 3 N–H and O–H groups in total. The van der Waals surface area contributed by atoms with E-state index in [1.165, 1.54) is 18.7 Å². The number of imidazole rings is 1. The smallest absolute Gasteiger partial charge is 0.350 e. The van der Waals surface area contributed by atoms with Crippen LogP contribution in [0.3, 0.4) is 0 Å². The number of amides is 1. The van der Waals surface area contributed by atoms with Crippen molar-refractivity contribution in [2.45, 2.75) is 51.0 Å². The van der Waals surface area contributed by atoms with Crippen LogP contribution >= 0.6 is 7.60 Å². The number of rotatable bonds is 12. The molecule has 1 saturated heterocycles. The van der Waals surface area contributed by atoms with Gasteiger partial charge in [-0.05, 0) is 18.6 Å². The fraction of sp³-hybridized carbons (Fsp3) is 0.500. The summed E-state index contributed by atoms with van der Waals surface area (Å²) in [5.41, 5.74) is 1.25. The molecule has 0 spiro atoms. The number of nitrogens with one attached hydrogen (secondary N) is 1. The van der Waals surface area contributed by atoms with Crippen molar-refractivity contribution in [3.8, 4) is 0 Å². The summed E-state index contributed by atoms with van der Waals surface area (Å²) in [6, 6.07) is 3.18. The Hall–Kier alpha value is -2.80. The molecule has 0 aromatic carbocycles. The SMILES string of the molecule is CCCCCOC1CC(COCP(=O)(O)O)OC1n1cnc2c(NC(=O)c3ccncc3)ncnc21. The van der Waals surface area contributed by atoms with Gasteiger partial charge >= 0.3 is 7.60 Å². The molecule has 3 aromatic heterocycles. The predicted octanol–water partition coefficient (Wildman–Crippen LogP) is 2.49. The summed E-state index contributed by atoms with van der Waals surface area (Å²) in [6.07, 6.45) is 7.32. The van der Waals surface area contributed by atoms with Gasteiger partial charge in [-0.3, -0.25) is 18.9 Å². The third-order valence-electron chi connectivity index (χ3n) is 5.60. The highest BCUT2D eigenvalue weighted by molar-refractivity contribution is 7.51. The zero-order valence-corrected chi connectivity index (χ0v) is 20.7. The highest BCUT2D eigenvalue weighted by Crippen LogP contribution is 2.37. The second kappa shape index (κ2) is 12.0. The van der Waals surface area contributed by atoms with Crippen molar-refractivity contribution in [1.29, 1.82) is 0 Å². The molecule has 4 rings (SSSR count). The maximum Gasteiger partial charge on any atom is 0.350 e. The lowest BCUT2D eigenvalue weighted by Crippen LogP contribution is -2.23. The summed E-state index contributed by atoms with van der Waals surface area (Å²) >= 11 is 0. The Morgan fingerprint density at radius 3 is 2.81 bits per heavy atom. The first-order valence-corrected chi connectivity index (χ1v) is 13.4. The van der Waals surface area contributed by atoms with Gasteiger partial charge in [0.05, 0.1) is 19.0 Å². The number of ether oxygens (including phenoxy) is 3. The van der Waals surface area contributed by atoms with Crippen molar-refractivity contribution in [2.75, 3.05) is 24.9 Å². The normalized spacial score (nSPS) is 20.1. The molecule has 0 bridgehead atoms.